The van der Waals surface area contributed by atoms with E-state index < -0.39 is 21.8 Å². The Hall–Kier alpha value is -2.46. The Morgan fingerprint density at radius 1 is 1.07 bits per heavy atom. The Morgan fingerprint density at radius 2 is 1.72 bits per heavy atom. The number of sulfonamides is 1. The van der Waals surface area contributed by atoms with E-state index in [1.54, 1.807) is 13.8 Å². The van der Waals surface area contributed by atoms with E-state index in [-0.39, 0.29) is 28.8 Å². The Bertz CT molecular complexity index is 846. The predicted molar refractivity (Wildman–Crippen MR) is 107 cm³/mol. The van der Waals surface area contributed by atoms with Crippen molar-refractivity contribution < 1.29 is 22.8 Å². The first-order valence-corrected chi connectivity index (χ1v) is 11.2. The van der Waals surface area contributed by atoms with Crippen LogP contribution in [0.2, 0.25) is 0 Å². The normalized spacial score (nSPS) is 14.6. The van der Waals surface area contributed by atoms with Crippen LogP contribution in [0.15, 0.2) is 29.2 Å². The molecule has 3 N–H and O–H groups in total. The van der Waals surface area contributed by atoms with Crippen LogP contribution in [0, 0.1) is 5.92 Å². The van der Waals surface area contributed by atoms with Gasteiger partial charge in [-0.2, -0.15) is 4.31 Å². The van der Waals surface area contributed by atoms with Crippen LogP contribution in [0.4, 0.5) is 0 Å². The summed E-state index contributed by atoms with van der Waals surface area (Å²) in [5, 5.41) is 2.56. The summed E-state index contributed by atoms with van der Waals surface area (Å²) in [4.78, 5) is 36.0. The van der Waals surface area contributed by atoms with Gasteiger partial charge in [0.2, 0.25) is 15.9 Å². The first kappa shape index (κ1) is 22.8. The fourth-order valence-electron chi connectivity index (χ4n) is 3.25. The second kappa shape index (κ2) is 10.4. The van der Waals surface area contributed by atoms with Gasteiger partial charge in [-0.05, 0) is 31.0 Å². The van der Waals surface area contributed by atoms with Crippen molar-refractivity contribution in [3.8, 4) is 0 Å². The third-order valence-corrected chi connectivity index (χ3v) is 6.95. The van der Waals surface area contributed by atoms with E-state index in [4.69, 9.17) is 0 Å². The van der Waals surface area contributed by atoms with Gasteiger partial charge in [0.05, 0.1) is 11.4 Å². The zero-order chi connectivity index (χ0) is 21.4. The van der Waals surface area contributed by atoms with Gasteiger partial charge in [0.1, 0.15) is 0 Å². The topological polar surface area (TPSA) is 125 Å². The number of nitrogens with one attached hydrogen (secondary N) is 3. The monoisotopic (exact) mass is 424 g/mol. The molecule has 0 bridgehead atoms. The summed E-state index contributed by atoms with van der Waals surface area (Å²) in [7, 11) is -3.70. The number of benzene rings is 1. The number of hydrazine groups is 1. The maximum atomic E-state index is 12.6. The molecule has 1 aliphatic carbocycles. The van der Waals surface area contributed by atoms with Crippen LogP contribution in [0.1, 0.15) is 49.9 Å². The lowest BCUT2D eigenvalue weighted by Gasteiger charge is -2.18. The van der Waals surface area contributed by atoms with Gasteiger partial charge in [0.15, 0.2) is 0 Å². The average molecular weight is 425 g/mol. The van der Waals surface area contributed by atoms with Gasteiger partial charge in [-0.25, -0.2) is 8.42 Å². The third-order valence-electron chi connectivity index (χ3n) is 4.90. The van der Waals surface area contributed by atoms with Gasteiger partial charge in [-0.1, -0.05) is 32.8 Å². The molecule has 3 amide bonds. The highest BCUT2D eigenvalue weighted by atomic mass is 32.2. The summed E-state index contributed by atoms with van der Waals surface area (Å²) in [6.45, 7) is 3.86. The molecular formula is C19H28N4O5S. The van der Waals surface area contributed by atoms with E-state index in [2.05, 4.69) is 16.2 Å². The van der Waals surface area contributed by atoms with E-state index in [1.165, 1.54) is 28.6 Å². The van der Waals surface area contributed by atoms with Crippen molar-refractivity contribution in [1.82, 2.24) is 20.5 Å². The minimum absolute atomic E-state index is 0.00371. The van der Waals surface area contributed by atoms with Gasteiger partial charge in [-0.3, -0.25) is 25.2 Å². The largest absolute Gasteiger partial charge is 0.347 e. The Balaban J connectivity index is 1.90. The van der Waals surface area contributed by atoms with Crippen molar-refractivity contribution >= 4 is 27.7 Å². The molecule has 0 saturated heterocycles. The van der Waals surface area contributed by atoms with Crippen molar-refractivity contribution in [1.29, 1.82) is 0 Å². The minimum atomic E-state index is -3.70. The molecule has 1 fully saturated rings. The van der Waals surface area contributed by atoms with E-state index in [9.17, 15) is 22.8 Å². The standard InChI is InChI=1S/C19H28N4O5S/c1-3-23(4-2)29(27,28)16-11-7-10-15(12-16)19(26)22-21-17(24)13-20-18(25)14-8-5-6-9-14/h7,10-12,14H,3-6,8-9,13H2,1-2H3,(H,20,25)(H,21,24)(H,22,26). The highest BCUT2D eigenvalue weighted by Crippen LogP contribution is 2.24. The first-order chi connectivity index (χ1) is 13.8. The molecule has 0 heterocycles. The second-order valence-corrected chi connectivity index (χ2v) is 8.76. The summed E-state index contributed by atoms with van der Waals surface area (Å²) >= 11 is 0. The van der Waals surface area contributed by atoms with E-state index in [0.29, 0.717) is 13.1 Å². The third kappa shape index (κ3) is 6.01. The first-order valence-electron chi connectivity index (χ1n) is 9.76. The van der Waals surface area contributed by atoms with Crippen molar-refractivity contribution in [2.45, 2.75) is 44.4 Å². The van der Waals surface area contributed by atoms with E-state index in [1.807, 2.05) is 0 Å². The second-order valence-electron chi connectivity index (χ2n) is 6.82. The molecule has 1 aromatic carbocycles. The van der Waals surface area contributed by atoms with E-state index in [0.717, 1.165) is 25.7 Å². The van der Waals surface area contributed by atoms with Gasteiger partial charge in [0.25, 0.3) is 11.8 Å². The highest BCUT2D eigenvalue weighted by Gasteiger charge is 2.24. The van der Waals surface area contributed by atoms with Gasteiger partial charge in [0, 0.05) is 24.6 Å². The predicted octanol–water partition coefficient (Wildman–Crippen LogP) is 0.785. The maximum Gasteiger partial charge on any atom is 0.269 e. The zero-order valence-corrected chi connectivity index (χ0v) is 17.5. The molecule has 1 aromatic rings. The fourth-order valence-corrected chi connectivity index (χ4v) is 4.76. The van der Waals surface area contributed by atoms with Crippen molar-refractivity contribution in [3.63, 3.8) is 0 Å². The lowest BCUT2D eigenvalue weighted by molar-refractivity contribution is -0.128. The molecule has 9 nitrogen and oxygen atoms in total. The molecule has 29 heavy (non-hydrogen) atoms. The number of carbonyl (C=O) groups is 3. The van der Waals surface area contributed by atoms with Gasteiger partial charge >= 0.3 is 0 Å². The Labute approximate surface area is 171 Å². The number of rotatable bonds is 8. The lowest BCUT2D eigenvalue weighted by Crippen LogP contribution is -2.47. The average Bonchev–Trinajstić information content (AvgIpc) is 3.26. The summed E-state index contributed by atoms with van der Waals surface area (Å²) in [6.07, 6.45) is 3.70. The number of carbonyl (C=O) groups excluding carboxylic acids is 3. The summed E-state index contributed by atoms with van der Waals surface area (Å²) in [5.41, 5.74) is 4.54. The van der Waals surface area contributed by atoms with Crippen molar-refractivity contribution in [3.05, 3.63) is 29.8 Å². The molecule has 0 unspecified atom stereocenters. The molecule has 10 heteroatoms. The van der Waals surface area contributed by atoms with Gasteiger partial charge < -0.3 is 5.32 Å². The minimum Gasteiger partial charge on any atom is -0.347 e. The summed E-state index contributed by atoms with van der Waals surface area (Å²) in [6, 6.07) is 5.60. The quantitative estimate of drug-likeness (QED) is 0.532. The SMILES string of the molecule is CCN(CC)S(=O)(=O)c1cccc(C(=O)NNC(=O)CNC(=O)C2CCCC2)c1. The molecule has 160 valence electrons. The van der Waals surface area contributed by atoms with Crippen LogP contribution < -0.4 is 16.2 Å². The Kier molecular flexibility index (Phi) is 8.15. The number of nitrogens with zero attached hydrogens (tertiary/aromatic N) is 1. The lowest BCUT2D eigenvalue weighted by atomic mass is 10.1. The zero-order valence-electron chi connectivity index (χ0n) is 16.7. The molecule has 2 rings (SSSR count). The number of hydrogen-bond acceptors (Lipinski definition) is 5. The van der Waals surface area contributed by atoms with Crippen LogP contribution in [0.5, 0.6) is 0 Å². The molecular weight excluding hydrogens is 396 g/mol. The van der Waals surface area contributed by atoms with Crippen molar-refractivity contribution in [2.24, 2.45) is 5.92 Å². The fraction of sp³-hybridized carbons (Fsp3) is 0.526. The summed E-state index contributed by atoms with van der Waals surface area (Å²) < 4.78 is 26.4. The molecule has 0 spiro atoms. The summed E-state index contributed by atoms with van der Waals surface area (Å²) in [5.74, 6) is -1.43. The maximum absolute atomic E-state index is 12.6. The highest BCUT2D eigenvalue weighted by molar-refractivity contribution is 7.89. The van der Waals surface area contributed by atoms with Crippen LogP contribution in [-0.4, -0.2) is 50.1 Å². The smallest absolute Gasteiger partial charge is 0.269 e. The number of hydrogen-bond donors (Lipinski definition) is 3. The van der Waals surface area contributed by atoms with Crippen LogP contribution >= 0.6 is 0 Å². The van der Waals surface area contributed by atoms with Crippen LogP contribution in [-0.2, 0) is 19.6 Å². The molecule has 0 radical (unpaired) electrons. The molecule has 0 aromatic heterocycles. The molecule has 1 saturated carbocycles. The molecule has 1 aliphatic rings. The van der Waals surface area contributed by atoms with Crippen LogP contribution in [0.25, 0.3) is 0 Å². The Morgan fingerprint density at radius 3 is 2.34 bits per heavy atom. The van der Waals surface area contributed by atoms with Gasteiger partial charge in [-0.15, -0.1) is 0 Å². The van der Waals surface area contributed by atoms with Crippen molar-refractivity contribution in [2.75, 3.05) is 19.6 Å². The number of amides is 3. The molecule has 0 atom stereocenters. The molecule has 0 aliphatic heterocycles. The van der Waals surface area contributed by atoms with E-state index >= 15 is 0 Å². The van der Waals surface area contributed by atoms with Crippen LogP contribution in [0.3, 0.4) is 0 Å².